The zero-order valence-corrected chi connectivity index (χ0v) is 13.9. The van der Waals surface area contributed by atoms with Crippen LogP contribution in [0.3, 0.4) is 0 Å². The Kier molecular flexibility index (Phi) is 5.15. The van der Waals surface area contributed by atoms with Gasteiger partial charge in [0.15, 0.2) is 0 Å². The van der Waals surface area contributed by atoms with Crippen LogP contribution in [0.1, 0.15) is 12.0 Å². The highest BCUT2D eigenvalue weighted by atomic mass is 35.5. The van der Waals surface area contributed by atoms with Crippen molar-refractivity contribution in [2.75, 3.05) is 13.1 Å². The highest BCUT2D eigenvalue weighted by molar-refractivity contribution is 6.30. The Morgan fingerprint density at radius 3 is 3.04 bits per heavy atom. The Morgan fingerprint density at radius 2 is 2.29 bits per heavy atom. The number of carbonyl (C=O) groups is 2. The number of likely N-dealkylation sites (tertiary alicyclic amines) is 1. The largest absolute Gasteiger partial charge is 0.350 e. The molecule has 1 saturated heterocycles. The minimum Gasteiger partial charge on any atom is -0.350 e. The van der Waals surface area contributed by atoms with Gasteiger partial charge in [-0.1, -0.05) is 23.7 Å². The van der Waals surface area contributed by atoms with Gasteiger partial charge in [0.25, 0.3) is 0 Å². The first kappa shape index (κ1) is 16.5. The van der Waals surface area contributed by atoms with E-state index >= 15 is 0 Å². The van der Waals surface area contributed by atoms with Crippen LogP contribution < -0.4 is 5.32 Å². The molecular weight excluding hydrogens is 328 g/mol. The van der Waals surface area contributed by atoms with E-state index in [4.69, 9.17) is 11.6 Å². The minimum absolute atomic E-state index is 0.0740. The van der Waals surface area contributed by atoms with Crippen molar-refractivity contribution in [1.82, 2.24) is 19.8 Å². The molecule has 3 rings (SSSR count). The maximum absolute atomic E-state index is 12.1. The molecule has 1 fully saturated rings. The van der Waals surface area contributed by atoms with Gasteiger partial charge in [-0.2, -0.15) is 0 Å². The highest BCUT2D eigenvalue weighted by Crippen LogP contribution is 2.15. The Labute approximate surface area is 145 Å². The van der Waals surface area contributed by atoms with Crippen LogP contribution in [0.15, 0.2) is 43.0 Å². The first-order valence-corrected chi connectivity index (χ1v) is 8.25. The smallest absolute Gasteiger partial charge is 0.240 e. The Bertz CT molecular complexity index is 717. The SMILES string of the molecule is O=C(Cn1ccnc1)N[C@@H]1CC(=O)N(CCc2cccc(Cl)c2)C1. The average molecular weight is 347 g/mol. The number of halogens is 1. The summed E-state index contributed by atoms with van der Waals surface area (Å²) in [6.45, 7) is 1.40. The molecule has 2 heterocycles. The third-order valence-electron chi connectivity index (χ3n) is 4.02. The van der Waals surface area contributed by atoms with Crippen molar-refractivity contribution < 1.29 is 9.59 Å². The van der Waals surface area contributed by atoms with Crippen molar-refractivity contribution in [1.29, 1.82) is 0 Å². The lowest BCUT2D eigenvalue weighted by molar-refractivity contribution is -0.127. The molecule has 0 saturated carbocycles. The maximum Gasteiger partial charge on any atom is 0.240 e. The van der Waals surface area contributed by atoms with Crippen LogP contribution in [-0.4, -0.2) is 45.4 Å². The average Bonchev–Trinajstić information content (AvgIpc) is 3.15. The first-order chi connectivity index (χ1) is 11.6. The molecule has 0 aliphatic carbocycles. The third-order valence-corrected chi connectivity index (χ3v) is 4.26. The molecule has 0 unspecified atom stereocenters. The monoisotopic (exact) mass is 346 g/mol. The molecule has 1 aliphatic rings. The molecule has 126 valence electrons. The van der Waals surface area contributed by atoms with Crippen molar-refractivity contribution in [3.63, 3.8) is 0 Å². The van der Waals surface area contributed by atoms with E-state index < -0.39 is 0 Å². The van der Waals surface area contributed by atoms with Gasteiger partial charge < -0.3 is 14.8 Å². The normalized spacial score (nSPS) is 17.3. The van der Waals surface area contributed by atoms with Crippen LogP contribution in [0.25, 0.3) is 0 Å². The third kappa shape index (κ3) is 4.35. The van der Waals surface area contributed by atoms with E-state index in [1.165, 1.54) is 0 Å². The lowest BCUT2D eigenvalue weighted by Crippen LogP contribution is -2.39. The summed E-state index contributed by atoms with van der Waals surface area (Å²) >= 11 is 5.97. The van der Waals surface area contributed by atoms with Gasteiger partial charge in [0.1, 0.15) is 6.54 Å². The second kappa shape index (κ2) is 7.49. The Hall–Kier alpha value is -2.34. The molecule has 0 radical (unpaired) electrons. The predicted octanol–water partition coefficient (Wildman–Crippen LogP) is 1.50. The van der Waals surface area contributed by atoms with Gasteiger partial charge in [0, 0.05) is 36.9 Å². The van der Waals surface area contributed by atoms with E-state index in [-0.39, 0.29) is 24.4 Å². The molecule has 7 heteroatoms. The summed E-state index contributed by atoms with van der Waals surface area (Å²) in [5.41, 5.74) is 1.10. The lowest BCUT2D eigenvalue weighted by Gasteiger charge is -2.17. The number of nitrogens with zero attached hydrogens (tertiary/aromatic N) is 3. The topological polar surface area (TPSA) is 67.2 Å². The molecule has 1 aromatic carbocycles. The van der Waals surface area contributed by atoms with Crippen LogP contribution in [-0.2, 0) is 22.6 Å². The van der Waals surface area contributed by atoms with Crippen LogP contribution in [0.2, 0.25) is 5.02 Å². The summed E-state index contributed by atoms with van der Waals surface area (Å²) in [4.78, 5) is 29.8. The number of amides is 2. The number of aromatic nitrogens is 2. The van der Waals surface area contributed by atoms with Crippen molar-refractivity contribution in [3.05, 3.63) is 53.6 Å². The number of carbonyl (C=O) groups excluding carboxylic acids is 2. The van der Waals surface area contributed by atoms with Gasteiger partial charge in [0.05, 0.1) is 12.4 Å². The molecule has 1 aromatic heterocycles. The maximum atomic E-state index is 12.1. The molecule has 1 N–H and O–H groups in total. The van der Waals surface area contributed by atoms with Crippen molar-refractivity contribution in [2.45, 2.75) is 25.4 Å². The van der Waals surface area contributed by atoms with Crippen molar-refractivity contribution >= 4 is 23.4 Å². The number of imidazole rings is 1. The van der Waals surface area contributed by atoms with E-state index in [0.717, 1.165) is 12.0 Å². The number of hydrogen-bond acceptors (Lipinski definition) is 3. The summed E-state index contributed by atoms with van der Waals surface area (Å²) < 4.78 is 1.70. The van der Waals surface area contributed by atoms with E-state index in [1.54, 1.807) is 28.2 Å². The van der Waals surface area contributed by atoms with Crippen LogP contribution >= 0.6 is 11.6 Å². The van der Waals surface area contributed by atoms with Crippen LogP contribution in [0.4, 0.5) is 0 Å². The zero-order valence-electron chi connectivity index (χ0n) is 13.2. The molecule has 24 heavy (non-hydrogen) atoms. The molecule has 6 nitrogen and oxygen atoms in total. The summed E-state index contributed by atoms with van der Waals surface area (Å²) in [5.74, 6) is -0.0348. The minimum atomic E-state index is -0.132. The zero-order chi connectivity index (χ0) is 16.9. The van der Waals surface area contributed by atoms with Gasteiger partial charge >= 0.3 is 0 Å². The molecule has 0 spiro atoms. The highest BCUT2D eigenvalue weighted by Gasteiger charge is 2.30. The predicted molar refractivity (Wildman–Crippen MR) is 90.5 cm³/mol. The first-order valence-electron chi connectivity index (χ1n) is 7.87. The second-order valence-corrected chi connectivity index (χ2v) is 6.36. The molecular formula is C17H19ClN4O2. The van der Waals surface area contributed by atoms with Gasteiger partial charge in [0.2, 0.25) is 11.8 Å². The molecule has 2 aromatic rings. The number of rotatable bonds is 6. The van der Waals surface area contributed by atoms with Gasteiger partial charge in [-0.25, -0.2) is 4.98 Å². The summed E-state index contributed by atoms with van der Waals surface area (Å²) in [7, 11) is 0. The number of nitrogens with one attached hydrogen (secondary N) is 1. The fourth-order valence-electron chi connectivity index (χ4n) is 2.86. The number of benzene rings is 1. The fraction of sp³-hybridized carbons (Fsp3) is 0.353. The summed E-state index contributed by atoms with van der Waals surface area (Å²) in [5, 5.41) is 3.61. The Balaban J connectivity index is 1.47. The van der Waals surface area contributed by atoms with E-state index in [9.17, 15) is 9.59 Å². The van der Waals surface area contributed by atoms with Gasteiger partial charge in [-0.15, -0.1) is 0 Å². The van der Waals surface area contributed by atoms with E-state index in [1.807, 2.05) is 24.3 Å². The molecule has 1 atom stereocenters. The summed E-state index contributed by atoms with van der Waals surface area (Å²) in [6.07, 6.45) is 6.06. The lowest BCUT2D eigenvalue weighted by atomic mass is 10.1. The molecule has 0 bridgehead atoms. The van der Waals surface area contributed by atoms with Crippen molar-refractivity contribution in [2.24, 2.45) is 0 Å². The Morgan fingerprint density at radius 1 is 1.42 bits per heavy atom. The van der Waals surface area contributed by atoms with Gasteiger partial charge in [-0.3, -0.25) is 9.59 Å². The van der Waals surface area contributed by atoms with E-state index in [2.05, 4.69) is 10.3 Å². The van der Waals surface area contributed by atoms with Crippen LogP contribution in [0.5, 0.6) is 0 Å². The quantitative estimate of drug-likeness (QED) is 0.861. The van der Waals surface area contributed by atoms with Crippen molar-refractivity contribution in [3.8, 4) is 0 Å². The van der Waals surface area contributed by atoms with Gasteiger partial charge in [-0.05, 0) is 24.1 Å². The second-order valence-electron chi connectivity index (χ2n) is 5.92. The standard InChI is InChI=1S/C17H19ClN4O2/c18-14-3-1-2-13(8-14)4-6-22-10-15(9-17(22)24)20-16(23)11-21-7-5-19-12-21/h1-3,5,7-8,12,15H,4,6,9-11H2,(H,20,23)/t15-/m1/s1. The fourth-order valence-corrected chi connectivity index (χ4v) is 3.07. The van der Waals surface area contributed by atoms with Crippen LogP contribution in [0, 0.1) is 0 Å². The molecule has 1 aliphatic heterocycles. The molecule has 2 amide bonds. The van der Waals surface area contributed by atoms with E-state index in [0.29, 0.717) is 24.5 Å². The summed E-state index contributed by atoms with van der Waals surface area (Å²) in [6, 6.07) is 7.51. The number of hydrogen-bond donors (Lipinski definition) is 1.